The molecule has 0 spiro atoms. The molecule has 0 aliphatic carbocycles. The molecule has 0 atom stereocenters. The van der Waals surface area contributed by atoms with Gasteiger partial charge in [0.2, 0.25) is 0 Å². The van der Waals surface area contributed by atoms with Crippen LogP contribution < -0.4 is 24.8 Å². The van der Waals surface area contributed by atoms with Crippen LogP contribution in [-0.2, 0) is 13.1 Å². The normalized spacial score (nSPS) is 11.6. The zero-order valence-corrected chi connectivity index (χ0v) is 19.5. The lowest BCUT2D eigenvalue weighted by Gasteiger charge is -2.17. The average Bonchev–Trinajstić information content (AvgIpc) is 2.73. The van der Waals surface area contributed by atoms with Gasteiger partial charge in [-0.15, -0.1) is 24.0 Å². The van der Waals surface area contributed by atoms with Gasteiger partial charge in [0.15, 0.2) is 12.6 Å². The summed E-state index contributed by atoms with van der Waals surface area (Å²) >= 11 is 0. The number of methoxy groups -OCH3 is 1. The molecule has 0 aliphatic rings. The van der Waals surface area contributed by atoms with Crippen LogP contribution in [0, 0.1) is 0 Å². The molecule has 0 heterocycles. The first kappa shape index (κ1) is 27.5. The molecule has 178 valence electrons. The van der Waals surface area contributed by atoms with Crippen molar-refractivity contribution >= 4 is 29.9 Å². The summed E-state index contributed by atoms with van der Waals surface area (Å²) in [4.78, 5) is 4.02. The number of benzene rings is 2. The minimum Gasteiger partial charge on any atom is -0.497 e. The van der Waals surface area contributed by atoms with Crippen LogP contribution in [-0.4, -0.2) is 39.5 Å². The Morgan fingerprint density at radius 3 is 2.25 bits per heavy atom. The van der Waals surface area contributed by atoms with Crippen LogP contribution in [0.25, 0.3) is 0 Å². The molecule has 0 bridgehead atoms. The number of alkyl halides is 5. The molecule has 0 fully saturated rings. The van der Waals surface area contributed by atoms with Crippen molar-refractivity contribution in [1.29, 1.82) is 0 Å². The Morgan fingerprint density at radius 1 is 1.00 bits per heavy atom. The number of guanidine groups is 1. The van der Waals surface area contributed by atoms with E-state index in [1.54, 1.807) is 18.2 Å². The van der Waals surface area contributed by atoms with E-state index in [9.17, 15) is 22.0 Å². The molecule has 0 saturated heterocycles. The molecule has 2 aromatic rings. The smallest absolute Gasteiger partial charge is 0.422 e. The highest BCUT2D eigenvalue weighted by molar-refractivity contribution is 14.0. The molecule has 32 heavy (non-hydrogen) atoms. The van der Waals surface area contributed by atoms with Gasteiger partial charge < -0.3 is 24.8 Å². The van der Waals surface area contributed by atoms with Crippen LogP contribution in [0.3, 0.4) is 0 Å². The molecule has 0 saturated carbocycles. The van der Waals surface area contributed by atoms with Crippen molar-refractivity contribution in [3.8, 4) is 17.2 Å². The first-order valence-corrected chi connectivity index (χ1v) is 9.05. The van der Waals surface area contributed by atoms with Gasteiger partial charge in [0.05, 0.1) is 7.11 Å². The Kier molecular flexibility index (Phi) is 11.3. The lowest BCUT2D eigenvalue weighted by molar-refractivity contribution is -0.153. The third-order valence-corrected chi connectivity index (χ3v) is 3.96. The summed E-state index contributed by atoms with van der Waals surface area (Å²) in [6, 6.07) is 10.7. The van der Waals surface area contributed by atoms with Crippen molar-refractivity contribution in [3.63, 3.8) is 0 Å². The number of para-hydroxylation sites is 1. The highest BCUT2D eigenvalue weighted by atomic mass is 127. The molecule has 0 unspecified atom stereocenters. The molecule has 0 amide bonds. The second kappa shape index (κ2) is 13.1. The van der Waals surface area contributed by atoms with Crippen LogP contribution in [0.15, 0.2) is 47.5 Å². The van der Waals surface area contributed by atoms with Crippen molar-refractivity contribution in [1.82, 2.24) is 10.6 Å². The Bertz CT molecular complexity index is 882. The molecular formula is C20H23F5IN3O3. The Balaban J connectivity index is 0.00000512. The lowest BCUT2D eigenvalue weighted by atomic mass is 10.2. The molecule has 0 aromatic heterocycles. The van der Waals surface area contributed by atoms with Gasteiger partial charge in [-0.25, -0.2) is 0 Å². The summed E-state index contributed by atoms with van der Waals surface area (Å²) in [7, 11) is 2.93. The molecule has 12 heteroatoms. The maximum atomic E-state index is 12.6. The first-order valence-electron chi connectivity index (χ1n) is 9.05. The Hall–Kier alpha value is -2.51. The van der Waals surface area contributed by atoms with Gasteiger partial charge >= 0.3 is 12.8 Å². The zero-order chi connectivity index (χ0) is 22.9. The highest BCUT2D eigenvalue weighted by Gasteiger charge is 2.28. The second-order valence-corrected chi connectivity index (χ2v) is 6.14. The number of rotatable bonds is 9. The van der Waals surface area contributed by atoms with Gasteiger partial charge in [0, 0.05) is 31.3 Å². The summed E-state index contributed by atoms with van der Waals surface area (Å²) in [6.07, 6.45) is -4.45. The van der Waals surface area contributed by atoms with Gasteiger partial charge in [-0.1, -0.05) is 18.2 Å². The van der Waals surface area contributed by atoms with Gasteiger partial charge in [0.25, 0.3) is 0 Å². The van der Waals surface area contributed by atoms with E-state index in [1.807, 2.05) is 0 Å². The van der Waals surface area contributed by atoms with E-state index in [0.717, 1.165) is 0 Å². The van der Waals surface area contributed by atoms with E-state index >= 15 is 0 Å². The largest absolute Gasteiger partial charge is 0.497 e. The standard InChI is InChI=1S/C20H22F5N3O3.HI/c1-26-19(27-10-13-5-3-4-6-16(13)30-12-20(23,24)25)28-11-14-9-15(29-2)7-8-17(14)31-18(21)22;/h3-9,18H,10-12H2,1-2H3,(H2,26,27,28);1H. The zero-order valence-electron chi connectivity index (χ0n) is 17.2. The van der Waals surface area contributed by atoms with E-state index in [-0.39, 0.29) is 54.5 Å². The number of halogens is 6. The maximum absolute atomic E-state index is 12.6. The third-order valence-electron chi connectivity index (χ3n) is 3.96. The predicted octanol–water partition coefficient (Wildman–Crippen LogP) is 4.72. The van der Waals surface area contributed by atoms with E-state index in [4.69, 9.17) is 9.47 Å². The van der Waals surface area contributed by atoms with E-state index in [0.29, 0.717) is 16.9 Å². The van der Waals surface area contributed by atoms with Crippen molar-refractivity contribution in [2.24, 2.45) is 4.99 Å². The summed E-state index contributed by atoms with van der Waals surface area (Å²) in [5.74, 6) is 0.807. The van der Waals surface area contributed by atoms with E-state index in [2.05, 4.69) is 20.4 Å². The molecule has 0 aliphatic heterocycles. The first-order chi connectivity index (χ1) is 14.7. The summed E-state index contributed by atoms with van der Waals surface area (Å²) < 4.78 is 77.0. The minimum absolute atomic E-state index is 0. The molecule has 2 rings (SSSR count). The average molecular weight is 575 g/mol. The lowest BCUT2D eigenvalue weighted by Crippen LogP contribution is -2.36. The molecule has 2 N–H and O–H groups in total. The van der Waals surface area contributed by atoms with Crippen molar-refractivity contribution in [2.75, 3.05) is 20.8 Å². The van der Waals surface area contributed by atoms with Crippen molar-refractivity contribution in [2.45, 2.75) is 25.9 Å². The van der Waals surface area contributed by atoms with Gasteiger partial charge in [-0.3, -0.25) is 4.99 Å². The number of nitrogens with zero attached hydrogens (tertiary/aromatic N) is 1. The minimum atomic E-state index is -4.45. The second-order valence-electron chi connectivity index (χ2n) is 6.14. The van der Waals surface area contributed by atoms with Gasteiger partial charge in [-0.05, 0) is 24.3 Å². The van der Waals surface area contributed by atoms with Crippen LogP contribution in [0.1, 0.15) is 11.1 Å². The number of hydrogen-bond acceptors (Lipinski definition) is 4. The Labute approximate surface area is 199 Å². The highest BCUT2D eigenvalue weighted by Crippen LogP contribution is 2.26. The molecule has 0 radical (unpaired) electrons. The van der Waals surface area contributed by atoms with E-state index < -0.39 is 19.4 Å². The maximum Gasteiger partial charge on any atom is 0.422 e. The fraction of sp³-hybridized carbons (Fsp3) is 0.350. The topological polar surface area (TPSA) is 64.1 Å². The number of aliphatic imine (C=N–C) groups is 1. The van der Waals surface area contributed by atoms with E-state index in [1.165, 1.54) is 38.4 Å². The SMILES string of the molecule is CN=C(NCc1ccccc1OCC(F)(F)F)NCc1cc(OC)ccc1OC(F)F.I. The van der Waals surface area contributed by atoms with Crippen LogP contribution >= 0.6 is 24.0 Å². The number of ether oxygens (including phenoxy) is 3. The molecule has 6 nitrogen and oxygen atoms in total. The fourth-order valence-corrected chi connectivity index (χ4v) is 2.56. The summed E-state index contributed by atoms with van der Waals surface area (Å²) in [5.41, 5.74) is 0.884. The van der Waals surface area contributed by atoms with Crippen LogP contribution in [0.4, 0.5) is 22.0 Å². The summed E-state index contributed by atoms with van der Waals surface area (Å²) in [6.45, 7) is -4.20. The number of nitrogens with one attached hydrogen (secondary N) is 2. The fourth-order valence-electron chi connectivity index (χ4n) is 2.56. The van der Waals surface area contributed by atoms with Crippen molar-refractivity contribution in [3.05, 3.63) is 53.6 Å². The van der Waals surface area contributed by atoms with Gasteiger partial charge in [0.1, 0.15) is 17.2 Å². The summed E-state index contributed by atoms with van der Waals surface area (Å²) in [5, 5.41) is 5.87. The molecule has 2 aromatic carbocycles. The quantitative estimate of drug-likeness (QED) is 0.196. The monoisotopic (exact) mass is 575 g/mol. The van der Waals surface area contributed by atoms with Crippen LogP contribution in [0.2, 0.25) is 0 Å². The van der Waals surface area contributed by atoms with Crippen LogP contribution in [0.5, 0.6) is 17.2 Å². The van der Waals surface area contributed by atoms with Crippen molar-refractivity contribution < 1.29 is 36.2 Å². The third kappa shape index (κ3) is 9.32. The number of hydrogen-bond donors (Lipinski definition) is 2. The van der Waals surface area contributed by atoms with Gasteiger partial charge in [-0.2, -0.15) is 22.0 Å². The Morgan fingerprint density at radius 2 is 1.66 bits per heavy atom. The molecular weight excluding hydrogens is 552 g/mol. The predicted molar refractivity (Wildman–Crippen MR) is 120 cm³/mol.